The molecular weight excluding hydrogens is 249 g/mol. The van der Waals surface area contributed by atoms with Gasteiger partial charge in [0, 0.05) is 28.2 Å². The maximum atomic E-state index is 8.47. The molecule has 0 unspecified atom stereocenters. The van der Waals surface area contributed by atoms with Crippen LogP contribution in [0.15, 0.2) is 24.3 Å². The lowest BCUT2D eigenvalue weighted by atomic mass is 10.2. The zero-order valence-electron chi connectivity index (χ0n) is 5.63. The van der Waals surface area contributed by atoms with Gasteiger partial charge in [-0.25, -0.2) is 0 Å². The Labute approximate surface area is 79.2 Å². The van der Waals surface area contributed by atoms with Crippen LogP contribution in [0.3, 0.4) is 0 Å². The molecule has 0 heterocycles. The molecule has 0 radical (unpaired) electrons. The van der Waals surface area contributed by atoms with E-state index in [0.29, 0.717) is 5.56 Å². The van der Waals surface area contributed by atoms with E-state index in [-0.39, 0.29) is 0 Å². The Morgan fingerprint density at radius 3 is 2.09 bits per heavy atom. The summed E-state index contributed by atoms with van der Waals surface area (Å²) < 4.78 is 2.76. The molecule has 2 heteroatoms. The van der Waals surface area contributed by atoms with Gasteiger partial charge in [-0.3, -0.25) is 0 Å². The van der Waals surface area contributed by atoms with Crippen LogP contribution in [-0.4, -0.2) is 0 Å². The summed E-state index contributed by atoms with van der Waals surface area (Å²) in [5.74, 6) is 2.89. The molecule has 1 nitrogen and oxygen atoms in total. The van der Waals surface area contributed by atoms with Crippen molar-refractivity contribution < 1.29 is 0 Å². The van der Waals surface area contributed by atoms with Crippen molar-refractivity contribution in [1.82, 2.24) is 0 Å². The topological polar surface area (TPSA) is 23.8 Å². The van der Waals surface area contributed by atoms with Crippen LogP contribution in [0, 0.1) is 21.2 Å². The van der Waals surface area contributed by atoms with E-state index in [1.54, 1.807) is 12.1 Å². The number of benzene rings is 1. The quantitative estimate of drug-likeness (QED) is 0.514. The minimum Gasteiger partial charge on any atom is -0.192 e. The predicted octanol–water partition coefficient (Wildman–Crippen LogP) is 2.30. The van der Waals surface area contributed by atoms with Crippen molar-refractivity contribution in [3.63, 3.8) is 0 Å². The van der Waals surface area contributed by atoms with Crippen molar-refractivity contribution in [1.29, 1.82) is 5.26 Å². The van der Waals surface area contributed by atoms with E-state index in [0.717, 1.165) is 5.56 Å². The molecule has 0 fully saturated rings. The molecule has 0 bridgehead atoms. The van der Waals surface area contributed by atoms with Gasteiger partial charge in [0.15, 0.2) is 0 Å². The van der Waals surface area contributed by atoms with Gasteiger partial charge < -0.3 is 0 Å². The normalized spacial score (nSPS) is 7.64. The number of halogens is 1. The Hall–Kier alpha value is -1.00. The summed E-state index contributed by atoms with van der Waals surface area (Å²) in [6, 6.07) is 9.24. The van der Waals surface area contributed by atoms with Gasteiger partial charge in [0.05, 0.1) is 11.6 Å². The smallest absolute Gasteiger partial charge is 0.0991 e. The second-order valence-electron chi connectivity index (χ2n) is 1.91. The SMILES string of the molecule is N#Cc1ccc(C#CI)cc1. The zero-order chi connectivity index (χ0) is 8.10. The Kier molecular flexibility index (Phi) is 2.95. The standard InChI is InChI=1S/C9H4IN/c10-6-5-8-1-3-9(7-11)4-2-8/h1-4H. The first-order valence-electron chi connectivity index (χ1n) is 2.98. The fourth-order valence-corrected chi connectivity index (χ4v) is 0.994. The number of nitrogens with zero attached hydrogens (tertiary/aromatic N) is 1. The summed E-state index contributed by atoms with van der Waals surface area (Å²) in [5, 5.41) is 8.47. The molecule has 1 aromatic rings. The van der Waals surface area contributed by atoms with E-state index in [1.165, 1.54) is 0 Å². The molecule has 0 saturated heterocycles. The molecule has 1 rings (SSSR count). The Bertz CT molecular complexity index is 335. The summed E-state index contributed by atoms with van der Waals surface area (Å²) in [6.45, 7) is 0. The summed E-state index contributed by atoms with van der Waals surface area (Å²) >= 11 is 1.98. The van der Waals surface area contributed by atoms with Crippen LogP contribution in [0.1, 0.15) is 11.1 Å². The van der Waals surface area contributed by atoms with E-state index >= 15 is 0 Å². The molecule has 0 amide bonds. The highest BCUT2D eigenvalue weighted by molar-refractivity contribution is 14.1. The second kappa shape index (κ2) is 4.00. The molecule has 0 saturated carbocycles. The minimum atomic E-state index is 0.670. The number of nitriles is 1. The first-order valence-corrected chi connectivity index (χ1v) is 4.06. The third-order valence-electron chi connectivity index (χ3n) is 1.21. The average Bonchev–Trinajstić information content (AvgIpc) is 2.07. The minimum absolute atomic E-state index is 0.670. The highest BCUT2D eigenvalue weighted by atomic mass is 127. The Morgan fingerprint density at radius 1 is 1.09 bits per heavy atom. The lowest BCUT2D eigenvalue weighted by Gasteiger charge is -1.88. The van der Waals surface area contributed by atoms with Gasteiger partial charge in [-0.15, -0.1) is 0 Å². The van der Waals surface area contributed by atoms with E-state index in [1.807, 2.05) is 40.8 Å². The van der Waals surface area contributed by atoms with Crippen LogP contribution in [0.2, 0.25) is 0 Å². The fourth-order valence-electron chi connectivity index (χ4n) is 0.683. The summed E-state index contributed by atoms with van der Waals surface area (Å²) in [7, 11) is 0. The van der Waals surface area contributed by atoms with E-state index in [2.05, 4.69) is 9.85 Å². The zero-order valence-corrected chi connectivity index (χ0v) is 7.79. The highest BCUT2D eigenvalue weighted by Crippen LogP contribution is 2.01. The summed E-state index contributed by atoms with van der Waals surface area (Å²) in [4.78, 5) is 0. The Balaban J connectivity index is 3.00. The molecule has 0 spiro atoms. The van der Waals surface area contributed by atoms with Crippen LogP contribution in [0.4, 0.5) is 0 Å². The van der Waals surface area contributed by atoms with Crippen molar-refractivity contribution >= 4 is 22.6 Å². The number of hydrogen-bond acceptors (Lipinski definition) is 1. The van der Waals surface area contributed by atoms with Gasteiger partial charge in [-0.1, -0.05) is 5.92 Å². The van der Waals surface area contributed by atoms with Gasteiger partial charge in [0.1, 0.15) is 0 Å². The average molecular weight is 253 g/mol. The molecule has 0 aromatic heterocycles. The fraction of sp³-hybridized carbons (Fsp3) is 0. The predicted molar refractivity (Wildman–Crippen MR) is 52.1 cm³/mol. The van der Waals surface area contributed by atoms with Crippen LogP contribution < -0.4 is 0 Å². The molecule has 0 aliphatic carbocycles. The first kappa shape index (κ1) is 8.10. The van der Waals surface area contributed by atoms with Gasteiger partial charge >= 0.3 is 0 Å². The molecule has 52 valence electrons. The number of hydrogen-bond donors (Lipinski definition) is 0. The summed E-state index contributed by atoms with van der Waals surface area (Å²) in [6.07, 6.45) is 0. The van der Waals surface area contributed by atoms with Crippen molar-refractivity contribution in [2.75, 3.05) is 0 Å². The maximum absolute atomic E-state index is 8.47. The van der Waals surface area contributed by atoms with Crippen LogP contribution in [0.25, 0.3) is 0 Å². The number of rotatable bonds is 0. The van der Waals surface area contributed by atoms with Crippen molar-refractivity contribution in [2.24, 2.45) is 0 Å². The molecule has 11 heavy (non-hydrogen) atoms. The molecule has 0 aliphatic rings. The van der Waals surface area contributed by atoms with Crippen LogP contribution in [0.5, 0.6) is 0 Å². The highest BCUT2D eigenvalue weighted by Gasteiger charge is 1.87. The molecule has 0 aliphatic heterocycles. The van der Waals surface area contributed by atoms with Crippen molar-refractivity contribution in [3.8, 4) is 15.9 Å². The molecular formula is C9H4IN. The van der Waals surface area contributed by atoms with Gasteiger partial charge in [-0.2, -0.15) is 5.26 Å². The van der Waals surface area contributed by atoms with Crippen LogP contribution in [-0.2, 0) is 0 Å². The Morgan fingerprint density at radius 2 is 1.64 bits per heavy atom. The lowest BCUT2D eigenvalue weighted by molar-refractivity contribution is 1.48. The van der Waals surface area contributed by atoms with Gasteiger partial charge in [0.25, 0.3) is 0 Å². The monoisotopic (exact) mass is 253 g/mol. The molecule has 0 N–H and O–H groups in total. The van der Waals surface area contributed by atoms with Crippen molar-refractivity contribution in [3.05, 3.63) is 35.4 Å². The van der Waals surface area contributed by atoms with E-state index in [4.69, 9.17) is 5.26 Å². The molecule has 1 aromatic carbocycles. The van der Waals surface area contributed by atoms with E-state index in [9.17, 15) is 0 Å². The first-order chi connectivity index (χ1) is 5.36. The van der Waals surface area contributed by atoms with Crippen molar-refractivity contribution in [2.45, 2.75) is 0 Å². The van der Waals surface area contributed by atoms with E-state index < -0.39 is 0 Å². The van der Waals surface area contributed by atoms with Gasteiger partial charge in [-0.05, 0) is 28.2 Å². The summed E-state index contributed by atoms with van der Waals surface area (Å²) in [5.41, 5.74) is 1.61. The van der Waals surface area contributed by atoms with Gasteiger partial charge in [0.2, 0.25) is 0 Å². The van der Waals surface area contributed by atoms with Crippen LogP contribution >= 0.6 is 22.6 Å². The molecule has 0 atom stereocenters. The third kappa shape index (κ3) is 2.25. The third-order valence-corrected chi connectivity index (χ3v) is 1.48. The second-order valence-corrected chi connectivity index (χ2v) is 2.45. The lowest BCUT2D eigenvalue weighted by Crippen LogP contribution is -1.74. The largest absolute Gasteiger partial charge is 0.192 e. The maximum Gasteiger partial charge on any atom is 0.0991 e.